The van der Waals surface area contributed by atoms with Crippen molar-refractivity contribution < 1.29 is 23.7 Å². The Hall–Kier alpha value is -5.25. The van der Waals surface area contributed by atoms with Crippen LogP contribution in [0, 0.1) is 0 Å². The van der Waals surface area contributed by atoms with Crippen LogP contribution in [0.5, 0.6) is 0 Å². The van der Waals surface area contributed by atoms with Crippen LogP contribution in [0.3, 0.4) is 0 Å². The Bertz CT molecular complexity index is 2060. The molecule has 0 saturated carbocycles. The molecule has 252 valence electrons. The van der Waals surface area contributed by atoms with E-state index in [1.54, 1.807) is 0 Å². The molecule has 10 heteroatoms. The van der Waals surface area contributed by atoms with Gasteiger partial charge in [0.15, 0.2) is 0 Å². The van der Waals surface area contributed by atoms with Gasteiger partial charge in [-0.1, -0.05) is 152 Å². The van der Waals surface area contributed by atoms with E-state index in [2.05, 4.69) is 0 Å². The largest absolute Gasteiger partial charge is 0.357 e. The maximum atomic E-state index is 8.25. The van der Waals surface area contributed by atoms with Gasteiger partial charge in [-0.3, -0.25) is 0 Å². The van der Waals surface area contributed by atoms with Gasteiger partial charge in [-0.2, -0.15) is 0 Å². The van der Waals surface area contributed by atoms with E-state index in [4.69, 9.17) is 43.2 Å². The van der Waals surface area contributed by atoms with Crippen molar-refractivity contribution in [3.05, 3.63) is 97.1 Å². The molecule has 7 aromatic rings. The second kappa shape index (κ2) is 17.9. The summed E-state index contributed by atoms with van der Waals surface area (Å²) in [6, 6.07) is 31.8. The van der Waals surface area contributed by atoms with Crippen molar-refractivity contribution >= 4 is 44.1 Å². The standard InChI is InChI=1S/C32H16N8.4C2H6.O.Ti/c1-2-10-18-17(9-1)25-33-26(18)38-28-21-13-5-6-14-22(21)30(35-28)40-32-24-16-8-7-15-23(24)31(36-32)39-29-20-12-4-3-11-19(20)27(34-29)37-25;4*1-2;;/h1-16H;4*1-2H3;;/q-2;;;;;;. The fourth-order valence-corrected chi connectivity index (χ4v) is 5.46. The molecule has 0 saturated heterocycles. The van der Waals surface area contributed by atoms with Gasteiger partial charge in [-0.25, -0.2) is 9.97 Å². The molecule has 5 heterocycles. The minimum absolute atomic E-state index is 0.552. The molecule has 0 atom stereocenters. The Morgan fingerprint density at radius 1 is 0.340 bits per heavy atom. The molecule has 8 bridgehead atoms. The van der Waals surface area contributed by atoms with Crippen LogP contribution < -0.4 is 9.97 Å². The Balaban J connectivity index is 0.000000520. The summed E-state index contributed by atoms with van der Waals surface area (Å²) in [5, 5.41) is 3.57. The maximum Gasteiger partial charge on any atom is 0.0927 e. The molecule has 0 N–H and O–H groups in total. The summed E-state index contributed by atoms with van der Waals surface area (Å²) in [5.74, 6) is 2.21. The number of benzene rings is 4. The van der Waals surface area contributed by atoms with Gasteiger partial charge in [0.2, 0.25) is 0 Å². The van der Waals surface area contributed by atoms with Gasteiger partial charge in [-0.05, 0) is 21.5 Å². The molecular formula is C40H40N8OTi-2. The first-order valence-electron chi connectivity index (χ1n) is 17.1. The van der Waals surface area contributed by atoms with Crippen LogP contribution in [-0.4, -0.2) is 29.9 Å². The predicted molar refractivity (Wildman–Crippen MR) is 200 cm³/mol. The number of hydrogen-bond donors (Lipinski definition) is 0. The van der Waals surface area contributed by atoms with Crippen LogP contribution in [0.15, 0.2) is 97.1 Å². The Labute approximate surface area is 304 Å². The van der Waals surface area contributed by atoms with Gasteiger partial charge in [0, 0.05) is 44.8 Å². The van der Waals surface area contributed by atoms with E-state index in [0.29, 0.717) is 45.9 Å². The summed E-state index contributed by atoms with van der Waals surface area (Å²) in [4.78, 5) is 39.3. The summed E-state index contributed by atoms with van der Waals surface area (Å²) >= 11 is 0.750. The zero-order valence-electron chi connectivity index (χ0n) is 29.7. The Morgan fingerprint density at radius 2 is 0.540 bits per heavy atom. The molecule has 0 fully saturated rings. The summed E-state index contributed by atoms with van der Waals surface area (Å²) in [6.07, 6.45) is 0. The number of rotatable bonds is 0. The minimum Gasteiger partial charge on any atom is -0.357 e. The van der Waals surface area contributed by atoms with Crippen LogP contribution in [0.1, 0.15) is 55.4 Å². The van der Waals surface area contributed by atoms with Crippen molar-refractivity contribution in [2.45, 2.75) is 55.4 Å². The second-order valence-corrected chi connectivity index (χ2v) is 9.67. The minimum atomic E-state index is 0.552. The zero-order valence-corrected chi connectivity index (χ0v) is 31.3. The van der Waals surface area contributed by atoms with Crippen LogP contribution >= 0.6 is 0 Å². The third-order valence-electron chi connectivity index (χ3n) is 7.33. The fraction of sp³-hybridized carbons (Fsp3) is 0.200. The van der Waals surface area contributed by atoms with E-state index < -0.39 is 0 Å². The predicted octanol–water partition coefficient (Wildman–Crippen LogP) is 10.1. The smallest absolute Gasteiger partial charge is 0.0927 e. The first kappa shape index (κ1) is 37.6. The van der Waals surface area contributed by atoms with Crippen LogP contribution in [0.2, 0.25) is 0 Å². The van der Waals surface area contributed by atoms with Crippen molar-refractivity contribution in [3.8, 4) is 45.6 Å². The van der Waals surface area contributed by atoms with E-state index in [9.17, 15) is 0 Å². The Morgan fingerprint density at radius 3 is 0.760 bits per heavy atom. The normalized spacial score (nSPS) is 10.1. The SMILES string of the molecule is CC.CC.CC.CC.[O]=[Ti].c1ccc2c(c1)-c1nc-2nc2[n-]c(nc3nc(nc4[n-]c(n1)c1ccccc41)-c1ccccc1-3)c1ccccc21. The van der Waals surface area contributed by atoms with E-state index in [1.807, 2.05) is 152 Å². The van der Waals surface area contributed by atoms with Gasteiger partial charge < -0.3 is 29.9 Å². The second-order valence-electron chi connectivity index (χ2n) is 9.67. The molecule has 9 rings (SSSR count). The molecule has 4 aromatic carbocycles. The molecule has 50 heavy (non-hydrogen) atoms. The first-order chi connectivity index (χ1) is 24.8. The van der Waals surface area contributed by atoms with Crippen molar-refractivity contribution in [1.82, 2.24) is 39.9 Å². The zero-order chi connectivity index (χ0) is 36.2. The maximum absolute atomic E-state index is 8.25. The average molecular weight is 697 g/mol. The van der Waals surface area contributed by atoms with Crippen molar-refractivity contribution in [2.24, 2.45) is 0 Å². The number of nitrogens with zero attached hydrogens (tertiary/aromatic N) is 8. The molecule has 0 amide bonds. The number of fused-ring (bicyclic) bond motifs is 20. The fourth-order valence-electron chi connectivity index (χ4n) is 5.46. The van der Waals surface area contributed by atoms with Crippen molar-refractivity contribution in [3.63, 3.8) is 0 Å². The van der Waals surface area contributed by atoms with Gasteiger partial charge in [0.25, 0.3) is 0 Å². The number of hydrogen-bond acceptors (Lipinski definition) is 7. The molecule has 0 radical (unpaired) electrons. The molecule has 3 aromatic heterocycles. The van der Waals surface area contributed by atoms with Crippen LogP contribution in [0.25, 0.3) is 89.7 Å². The van der Waals surface area contributed by atoms with Gasteiger partial charge in [0.05, 0.1) is 23.3 Å². The summed E-state index contributed by atoms with van der Waals surface area (Å²) in [5.41, 5.74) is 5.78. The van der Waals surface area contributed by atoms with Crippen molar-refractivity contribution in [2.75, 3.05) is 0 Å². The topological polar surface area (TPSA) is 123 Å². The van der Waals surface area contributed by atoms with Gasteiger partial charge >= 0.3 is 23.7 Å². The summed E-state index contributed by atoms with van der Waals surface area (Å²) < 4.78 is 8.25. The first-order valence-corrected chi connectivity index (χ1v) is 17.7. The summed E-state index contributed by atoms with van der Waals surface area (Å²) in [6.45, 7) is 16.0. The van der Waals surface area contributed by atoms with Gasteiger partial charge in [-0.15, -0.1) is 0 Å². The third kappa shape index (κ3) is 7.06. The number of aromatic nitrogens is 8. The molecular weight excluding hydrogens is 656 g/mol. The van der Waals surface area contributed by atoms with Crippen LogP contribution in [-0.2, 0) is 23.7 Å². The molecule has 2 aliphatic rings. The quantitative estimate of drug-likeness (QED) is 0.143. The average Bonchev–Trinajstić information content (AvgIpc) is 3.95. The van der Waals surface area contributed by atoms with E-state index in [1.165, 1.54) is 0 Å². The van der Waals surface area contributed by atoms with E-state index in [-0.39, 0.29) is 0 Å². The van der Waals surface area contributed by atoms with Crippen LogP contribution in [0.4, 0.5) is 0 Å². The molecule has 0 aliphatic carbocycles. The monoisotopic (exact) mass is 696 g/mol. The third-order valence-corrected chi connectivity index (χ3v) is 7.33. The molecule has 0 unspecified atom stereocenters. The summed E-state index contributed by atoms with van der Waals surface area (Å²) in [7, 11) is 0. The van der Waals surface area contributed by atoms with E-state index in [0.717, 1.165) is 64.2 Å². The van der Waals surface area contributed by atoms with Gasteiger partial charge in [0.1, 0.15) is 0 Å². The molecule has 0 spiro atoms. The molecule has 2 aliphatic heterocycles. The Kier molecular flexibility index (Phi) is 13.5. The molecule has 9 nitrogen and oxygen atoms in total. The van der Waals surface area contributed by atoms with E-state index >= 15 is 0 Å². The van der Waals surface area contributed by atoms with Crippen molar-refractivity contribution in [1.29, 1.82) is 0 Å².